The van der Waals surface area contributed by atoms with Gasteiger partial charge in [0.2, 0.25) is 0 Å². The molecule has 1 N–H and O–H groups in total. The van der Waals surface area contributed by atoms with Crippen LogP contribution in [0.5, 0.6) is 11.5 Å². The summed E-state index contributed by atoms with van der Waals surface area (Å²) >= 11 is 0. The van der Waals surface area contributed by atoms with Gasteiger partial charge in [-0.25, -0.2) is 8.42 Å². The Hall–Kier alpha value is -1.27. The quantitative estimate of drug-likeness (QED) is 0.796. The number of sulfone groups is 1. The topological polar surface area (TPSA) is 64.6 Å². The number of hydrogen-bond acceptors (Lipinski definition) is 5. The van der Waals surface area contributed by atoms with Gasteiger partial charge in [-0.2, -0.15) is 0 Å². The minimum atomic E-state index is -2.99. The standard InChI is InChI=1S/C15H25NO4S/c1-6-21(17,18)10-11(2)16-12(3)14-8-7-13(19-4)9-15(14)20-5/h7-9,11-12,16H,6,10H2,1-5H3. The van der Waals surface area contributed by atoms with Gasteiger partial charge in [-0.15, -0.1) is 0 Å². The highest BCUT2D eigenvalue weighted by molar-refractivity contribution is 7.91. The van der Waals surface area contributed by atoms with E-state index >= 15 is 0 Å². The second-order valence-corrected chi connectivity index (χ2v) is 7.49. The first kappa shape index (κ1) is 17.8. The SMILES string of the molecule is CCS(=O)(=O)CC(C)NC(C)c1ccc(OC)cc1OC. The van der Waals surface area contributed by atoms with Crippen LogP contribution in [0.25, 0.3) is 0 Å². The minimum Gasteiger partial charge on any atom is -0.497 e. The molecule has 0 heterocycles. The van der Waals surface area contributed by atoms with Crippen molar-refractivity contribution >= 4 is 9.84 Å². The highest BCUT2D eigenvalue weighted by Crippen LogP contribution is 2.29. The van der Waals surface area contributed by atoms with Gasteiger partial charge in [-0.1, -0.05) is 13.0 Å². The van der Waals surface area contributed by atoms with Crippen molar-refractivity contribution in [3.8, 4) is 11.5 Å². The molecule has 0 amide bonds. The number of hydrogen-bond donors (Lipinski definition) is 1. The lowest BCUT2D eigenvalue weighted by Crippen LogP contribution is -2.35. The molecule has 1 aromatic rings. The average molecular weight is 315 g/mol. The van der Waals surface area contributed by atoms with Gasteiger partial charge in [-0.05, 0) is 19.9 Å². The molecule has 5 nitrogen and oxygen atoms in total. The molecule has 0 radical (unpaired) electrons. The summed E-state index contributed by atoms with van der Waals surface area (Å²) in [6.45, 7) is 5.52. The summed E-state index contributed by atoms with van der Waals surface area (Å²) in [4.78, 5) is 0. The molecule has 1 rings (SSSR count). The first-order valence-corrected chi connectivity index (χ1v) is 8.83. The van der Waals surface area contributed by atoms with Gasteiger partial charge in [0.25, 0.3) is 0 Å². The Labute approximate surface area is 127 Å². The Balaban J connectivity index is 2.82. The van der Waals surface area contributed by atoms with Crippen molar-refractivity contribution in [2.24, 2.45) is 0 Å². The lowest BCUT2D eigenvalue weighted by Gasteiger charge is -2.22. The van der Waals surface area contributed by atoms with E-state index in [1.54, 1.807) is 21.1 Å². The van der Waals surface area contributed by atoms with E-state index in [1.807, 2.05) is 32.0 Å². The molecule has 0 saturated carbocycles. The molecular weight excluding hydrogens is 290 g/mol. The minimum absolute atomic E-state index is 0.0205. The molecule has 0 aliphatic heterocycles. The highest BCUT2D eigenvalue weighted by Gasteiger charge is 2.18. The van der Waals surface area contributed by atoms with Gasteiger partial charge >= 0.3 is 0 Å². The van der Waals surface area contributed by atoms with Gasteiger partial charge < -0.3 is 14.8 Å². The fourth-order valence-electron chi connectivity index (χ4n) is 2.24. The van der Waals surface area contributed by atoms with Crippen molar-refractivity contribution in [2.75, 3.05) is 25.7 Å². The maximum absolute atomic E-state index is 11.7. The van der Waals surface area contributed by atoms with E-state index in [9.17, 15) is 8.42 Å². The normalized spacial score (nSPS) is 14.5. The summed E-state index contributed by atoms with van der Waals surface area (Å²) in [5.41, 5.74) is 0.971. The third-order valence-corrected chi connectivity index (χ3v) is 5.27. The molecule has 0 aliphatic carbocycles. The van der Waals surface area contributed by atoms with Crippen LogP contribution in [0.15, 0.2) is 18.2 Å². The van der Waals surface area contributed by atoms with E-state index in [-0.39, 0.29) is 23.6 Å². The van der Waals surface area contributed by atoms with Crippen LogP contribution in [-0.2, 0) is 9.84 Å². The summed E-state index contributed by atoms with van der Waals surface area (Å²) in [7, 11) is 0.225. The first-order chi connectivity index (χ1) is 9.82. The smallest absolute Gasteiger partial charge is 0.151 e. The second-order valence-electron chi connectivity index (χ2n) is 5.10. The Morgan fingerprint density at radius 3 is 2.38 bits per heavy atom. The molecule has 0 aromatic heterocycles. The molecule has 0 spiro atoms. The summed E-state index contributed by atoms with van der Waals surface area (Å²) in [6.07, 6.45) is 0. The van der Waals surface area contributed by atoms with E-state index in [4.69, 9.17) is 9.47 Å². The molecule has 2 atom stereocenters. The largest absolute Gasteiger partial charge is 0.497 e. The predicted molar refractivity (Wildman–Crippen MR) is 84.9 cm³/mol. The zero-order valence-corrected chi connectivity index (χ0v) is 14.2. The van der Waals surface area contributed by atoms with E-state index in [2.05, 4.69) is 5.32 Å². The lowest BCUT2D eigenvalue weighted by molar-refractivity contribution is 0.383. The average Bonchev–Trinajstić information content (AvgIpc) is 2.45. The van der Waals surface area contributed by atoms with Gasteiger partial charge in [0.15, 0.2) is 9.84 Å². The van der Waals surface area contributed by atoms with Gasteiger partial charge in [0, 0.05) is 29.5 Å². The Morgan fingerprint density at radius 2 is 1.86 bits per heavy atom. The molecule has 120 valence electrons. The molecule has 21 heavy (non-hydrogen) atoms. The number of rotatable bonds is 8. The van der Waals surface area contributed by atoms with Crippen LogP contribution in [-0.4, -0.2) is 40.2 Å². The number of ether oxygens (including phenoxy) is 2. The van der Waals surface area contributed by atoms with Crippen molar-refractivity contribution in [3.05, 3.63) is 23.8 Å². The third kappa shape index (κ3) is 5.21. The number of benzene rings is 1. The van der Waals surface area contributed by atoms with Crippen LogP contribution in [0.4, 0.5) is 0 Å². The predicted octanol–water partition coefficient (Wildman–Crippen LogP) is 2.18. The van der Waals surface area contributed by atoms with Crippen LogP contribution in [0.1, 0.15) is 32.4 Å². The van der Waals surface area contributed by atoms with Crippen LogP contribution < -0.4 is 14.8 Å². The summed E-state index contributed by atoms with van der Waals surface area (Å²) in [5, 5.41) is 3.30. The van der Waals surface area contributed by atoms with Gasteiger partial charge in [-0.3, -0.25) is 0 Å². The van der Waals surface area contributed by atoms with Crippen LogP contribution in [0.3, 0.4) is 0 Å². The van der Waals surface area contributed by atoms with Crippen molar-refractivity contribution in [1.82, 2.24) is 5.32 Å². The van der Waals surface area contributed by atoms with Crippen molar-refractivity contribution in [2.45, 2.75) is 32.9 Å². The maximum Gasteiger partial charge on any atom is 0.151 e. The monoisotopic (exact) mass is 315 g/mol. The van der Waals surface area contributed by atoms with E-state index in [1.165, 1.54) is 0 Å². The molecule has 0 fully saturated rings. The lowest BCUT2D eigenvalue weighted by atomic mass is 10.1. The van der Waals surface area contributed by atoms with Crippen molar-refractivity contribution < 1.29 is 17.9 Å². The third-order valence-electron chi connectivity index (χ3n) is 3.39. The van der Waals surface area contributed by atoms with E-state index < -0.39 is 9.84 Å². The van der Waals surface area contributed by atoms with E-state index in [0.717, 1.165) is 17.1 Å². The number of nitrogens with one attached hydrogen (secondary N) is 1. The highest BCUT2D eigenvalue weighted by atomic mass is 32.2. The fourth-order valence-corrected chi connectivity index (χ4v) is 3.33. The van der Waals surface area contributed by atoms with Crippen molar-refractivity contribution in [3.63, 3.8) is 0 Å². The maximum atomic E-state index is 11.7. The molecule has 1 aromatic carbocycles. The summed E-state index contributed by atoms with van der Waals surface area (Å²) in [5.74, 6) is 1.75. The van der Waals surface area contributed by atoms with Crippen molar-refractivity contribution in [1.29, 1.82) is 0 Å². The molecule has 6 heteroatoms. The van der Waals surface area contributed by atoms with Crippen LogP contribution >= 0.6 is 0 Å². The number of methoxy groups -OCH3 is 2. The molecule has 0 bridgehead atoms. The first-order valence-electron chi connectivity index (χ1n) is 7.01. The van der Waals surface area contributed by atoms with E-state index in [0.29, 0.717) is 0 Å². The van der Waals surface area contributed by atoms with Gasteiger partial charge in [0.1, 0.15) is 11.5 Å². The Morgan fingerprint density at radius 1 is 1.19 bits per heavy atom. The second kappa shape index (κ2) is 7.66. The molecular formula is C15H25NO4S. The molecule has 2 unspecified atom stereocenters. The zero-order chi connectivity index (χ0) is 16.0. The molecule has 0 saturated heterocycles. The summed E-state index contributed by atoms with van der Waals surface area (Å²) < 4.78 is 33.9. The van der Waals surface area contributed by atoms with Crippen LogP contribution in [0.2, 0.25) is 0 Å². The fraction of sp³-hybridized carbons (Fsp3) is 0.600. The Kier molecular flexibility index (Phi) is 6.48. The van der Waals surface area contributed by atoms with Crippen LogP contribution in [0, 0.1) is 0 Å². The zero-order valence-electron chi connectivity index (χ0n) is 13.3. The van der Waals surface area contributed by atoms with Gasteiger partial charge in [0.05, 0.1) is 20.0 Å². The molecule has 0 aliphatic rings. The Bertz CT molecular complexity index is 557. The summed E-state index contributed by atoms with van der Waals surface area (Å²) in [6, 6.07) is 5.46.